The molecule has 0 spiro atoms. The van der Waals surface area contributed by atoms with E-state index in [1.165, 1.54) is 22.3 Å². The highest BCUT2D eigenvalue weighted by molar-refractivity contribution is 7.66. The molecule has 89 heavy (non-hydrogen) atoms. The maximum absolute atomic E-state index is 15.9. The van der Waals surface area contributed by atoms with Crippen molar-refractivity contribution in [1.82, 2.24) is 0 Å². The van der Waals surface area contributed by atoms with Crippen molar-refractivity contribution in [3.05, 3.63) is 214 Å². The summed E-state index contributed by atoms with van der Waals surface area (Å²) in [6.45, 7) is 53.0. The summed E-state index contributed by atoms with van der Waals surface area (Å²) in [5.41, 5.74) is 11.7. The monoisotopic (exact) mass is 1250 g/mol. The third kappa shape index (κ3) is 16.6. The minimum atomic E-state index is -4.11. The lowest BCUT2D eigenvalue weighted by molar-refractivity contribution is -0.153. The average Bonchev–Trinajstić information content (AvgIpc) is 0.895. The van der Waals surface area contributed by atoms with Gasteiger partial charge < -0.3 is 23.0 Å². The van der Waals surface area contributed by atoms with E-state index < -0.39 is 24.1 Å². The topological polar surface area (TPSA) is 77.0 Å². The zero-order valence-corrected chi connectivity index (χ0v) is 60.6. The van der Waals surface area contributed by atoms with E-state index in [0.29, 0.717) is 16.8 Å². The Hall–Kier alpha value is -5.99. The van der Waals surface area contributed by atoms with Gasteiger partial charge in [0, 0.05) is 22.3 Å². The van der Waals surface area contributed by atoms with Gasteiger partial charge >= 0.3 is 16.0 Å². The molecule has 0 amide bonds. The molecule has 0 aromatic heterocycles. The first-order valence-electron chi connectivity index (χ1n) is 31.5. The molecule has 1 unspecified atom stereocenters. The van der Waals surface area contributed by atoms with Gasteiger partial charge in [0.05, 0.1) is 10.6 Å². The van der Waals surface area contributed by atoms with Crippen molar-refractivity contribution in [2.45, 2.75) is 209 Å². The van der Waals surface area contributed by atoms with E-state index in [2.05, 4.69) is 251 Å². The zero-order valence-electron chi connectivity index (χ0n) is 58.0. The fourth-order valence-corrected chi connectivity index (χ4v) is 14.7. The molecule has 1 atom stereocenters. The molecule has 0 radical (unpaired) electrons. The van der Waals surface area contributed by atoms with Crippen LogP contribution >= 0.6 is 24.1 Å². The van der Waals surface area contributed by atoms with Crippen molar-refractivity contribution >= 4 is 45.3 Å². The molecule has 6 nitrogen and oxygen atoms in total. The lowest BCUT2D eigenvalue weighted by atomic mass is 9.80. The molecule has 472 valence electrons. The summed E-state index contributed by atoms with van der Waals surface area (Å²) in [4.78, 5) is 14.3. The molecule has 8 aromatic carbocycles. The Balaban J connectivity index is 1.05. The molecule has 8 aromatic rings. The van der Waals surface area contributed by atoms with Crippen molar-refractivity contribution in [2.75, 3.05) is 0 Å². The van der Waals surface area contributed by atoms with Crippen LogP contribution in [-0.2, 0) is 47.9 Å². The highest BCUT2D eigenvalue weighted by atomic mass is 31.2. The van der Waals surface area contributed by atoms with Crippen LogP contribution in [0.1, 0.15) is 211 Å². The average molecular weight is 1250 g/mol. The van der Waals surface area contributed by atoms with Gasteiger partial charge in [-0.15, -0.1) is 8.15 Å². The van der Waals surface area contributed by atoms with E-state index in [1.807, 2.05) is 84.9 Å². The molecule has 0 bridgehead atoms. The molecular weight excluding hydrogens is 1150 g/mol. The van der Waals surface area contributed by atoms with Gasteiger partial charge in [0.25, 0.3) is 0 Å². The second-order valence-corrected chi connectivity index (χ2v) is 37.3. The van der Waals surface area contributed by atoms with Crippen LogP contribution in [0.3, 0.4) is 0 Å². The summed E-state index contributed by atoms with van der Waals surface area (Å²) in [7, 11) is -7.66. The van der Waals surface area contributed by atoms with Crippen LogP contribution in [0, 0.1) is 0 Å². The molecule has 9 heteroatoms. The third-order valence-corrected chi connectivity index (χ3v) is 21.3. The van der Waals surface area contributed by atoms with Crippen LogP contribution in [0.2, 0.25) is 0 Å². The fourth-order valence-electron chi connectivity index (χ4n) is 10.7. The summed E-state index contributed by atoms with van der Waals surface area (Å²) in [5, 5.41) is 2.85. The Morgan fingerprint density at radius 1 is 0.292 bits per heavy atom. The molecule has 8 rings (SSSR count). The largest absolute Gasteiger partial charge is 0.822 e. The predicted molar refractivity (Wildman–Crippen MR) is 382 cm³/mol. The van der Waals surface area contributed by atoms with E-state index in [9.17, 15) is 4.89 Å². The third-order valence-electron chi connectivity index (χ3n) is 16.5. The Labute approximate surface area is 538 Å². The van der Waals surface area contributed by atoms with Crippen molar-refractivity contribution < 1.29 is 27.6 Å². The van der Waals surface area contributed by atoms with E-state index in [4.69, 9.17) is 18.1 Å². The number of rotatable bonds is 14. The van der Waals surface area contributed by atoms with Gasteiger partial charge in [0.2, 0.25) is 0 Å². The molecule has 0 heterocycles. The van der Waals surface area contributed by atoms with Crippen molar-refractivity contribution in [2.24, 2.45) is 0 Å². The number of benzene rings is 8. The van der Waals surface area contributed by atoms with Crippen molar-refractivity contribution in [3.63, 3.8) is 0 Å². The first kappa shape index (κ1) is 68.9. The maximum atomic E-state index is 15.9. The number of hydrogen-bond donors (Lipinski definition) is 0. The Kier molecular flexibility index (Phi) is 19.5. The first-order chi connectivity index (χ1) is 40.9. The van der Waals surface area contributed by atoms with Gasteiger partial charge in [0.1, 0.15) is 23.0 Å². The predicted octanol–water partition coefficient (Wildman–Crippen LogP) is 21.2. The van der Waals surface area contributed by atoms with Gasteiger partial charge in [-0.05, 0) is 147 Å². The van der Waals surface area contributed by atoms with Crippen LogP contribution in [0.5, 0.6) is 23.0 Å². The van der Waals surface area contributed by atoms with E-state index >= 15 is 4.57 Å². The van der Waals surface area contributed by atoms with Gasteiger partial charge in [-0.3, -0.25) is 0 Å². The lowest BCUT2D eigenvalue weighted by Crippen LogP contribution is -2.21. The molecule has 0 fully saturated rings. The SMILES string of the molecule is CC(C)(C)c1ccc(OP(Oc2ccc(C(C)(C)C)cc2C(C)(C)C)c2ccc(-c3ccc(P([O-])c4ccc(-c5ccc(P(=O)(Oc6ccc(C(C)(C)C)cc6C(C)(C)C)Oc6ccc(C(C)(C)C)cc6C(C)(C)C)cc5)cc4)cc3)cc2)c(C(C)(C)C)c1. The van der Waals surface area contributed by atoms with Crippen LogP contribution in [-0.4, -0.2) is 0 Å². The summed E-state index contributed by atoms with van der Waals surface area (Å²) in [5.74, 6) is 2.69. The quantitative estimate of drug-likeness (QED) is 0.101. The summed E-state index contributed by atoms with van der Waals surface area (Å²) in [6.07, 6.45) is 0. The second kappa shape index (κ2) is 25.2. The van der Waals surface area contributed by atoms with Gasteiger partial charge in [-0.2, -0.15) is 0 Å². The van der Waals surface area contributed by atoms with Gasteiger partial charge in [0.15, 0.2) is 0 Å². The lowest BCUT2D eigenvalue weighted by Gasteiger charge is -2.31. The van der Waals surface area contributed by atoms with E-state index in [0.717, 1.165) is 71.9 Å². The Morgan fingerprint density at radius 3 is 0.787 bits per heavy atom. The minimum absolute atomic E-state index is 0.0240. The van der Waals surface area contributed by atoms with Crippen molar-refractivity contribution in [3.8, 4) is 45.3 Å². The zero-order chi connectivity index (χ0) is 65.8. The van der Waals surface area contributed by atoms with Gasteiger partial charge in [-0.25, -0.2) is 4.57 Å². The van der Waals surface area contributed by atoms with Crippen LogP contribution in [0.4, 0.5) is 0 Å². The van der Waals surface area contributed by atoms with Crippen LogP contribution in [0.25, 0.3) is 22.3 Å². The molecule has 0 aliphatic carbocycles. The molecule has 0 aliphatic rings. The summed E-state index contributed by atoms with van der Waals surface area (Å²) >= 11 is 0. The molecule has 0 aliphatic heterocycles. The van der Waals surface area contributed by atoms with Crippen molar-refractivity contribution in [1.29, 1.82) is 0 Å². The highest BCUT2D eigenvalue weighted by Gasteiger charge is 2.37. The smallest absolute Gasteiger partial charge is 0.462 e. The molecule has 0 N–H and O–H groups in total. The van der Waals surface area contributed by atoms with E-state index in [-0.39, 0.29) is 43.3 Å². The number of hydrogen-bond acceptors (Lipinski definition) is 6. The Bertz CT molecular complexity index is 3660. The Morgan fingerprint density at radius 2 is 0.528 bits per heavy atom. The minimum Gasteiger partial charge on any atom is -0.822 e. The van der Waals surface area contributed by atoms with Gasteiger partial charge in [-0.1, -0.05) is 287 Å². The second-order valence-electron chi connectivity index (χ2n) is 32.4. The van der Waals surface area contributed by atoms with E-state index in [1.54, 1.807) is 0 Å². The highest BCUT2D eigenvalue weighted by Crippen LogP contribution is 2.53. The standard InChI is InChI=1S/C80H100O6P3/c1-73(2,3)57-33-45-69(65(49-57)77(13,14)15)83-88(84-70-46-34-58(74(4,5)6)50-66(70)78(16,17)18)63-41-29-55(30-42-63)53-25-37-61(38-26-53)87(81)62-39-27-54(28-40-62)56-31-43-64(44-32-56)89(82,85-71-47-35-59(75(7,8)9)51-67(71)79(19,20)21)86-72-48-36-60(76(10,11)12)52-68(72)80(22,23)24/h25-52H,1-24H3/q-1. The molecular formula is C80H100O6P3-. The fraction of sp³-hybridized carbons (Fsp3) is 0.400. The molecule has 0 saturated carbocycles. The maximum Gasteiger partial charge on any atom is 0.462 e. The normalized spacial score (nSPS) is 13.6. The summed E-state index contributed by atoms with van der Waals surface area (Å²) < 4.78 is 43.8. The van der Waals surface area contributed by atoms with Crippen LogP contribution in [0.15, 0.2) is 170 Å². The van der Waals surface area contributed by atoms with Crippen LogP contribution < -0.4 is 44.2 Å². The molecule has 0 saturated heterocycles. The summed E-state index contributed by atoms with van der Waals surface area (Å²) in [6, 6.07) is 57.6. The first-order valence-corrected chi connectivity index (χ1v) is 35.5.